The normalized spacial score (nSPS) is 20.0. The van der Waals surface area contributed by atoms with Gasteiger partial charge in [0, 0.05) is 25.3 Å². The number of hydrogen-bond acceptors (Lipinski definition) is 3. The number of nitrogens with zero attached hydrogens (tertiary/aromatic N) is 2. The average molecular weight is 240 g/mol. The highest BCUT2D eigenvalue weighted by molar-refractivity contribution is 6.32. The van der Waals surface area contributed by atoms with Crippen LogP contribution in [-0.2, 0) is 0 Å². The Morgan fingerprint density at radius 2 is 2.50 bits per heavy atom. The van der Waals surface area contributed by atoms with Crippen LogP contribution in [0.1, 0.15) is 19.8 Å². The molecule has 0 bridgehead atoms. The minimum absolute atomic E-state index is 0.582. The first-order valence-electron chi connectivity index (χ1n) is 5.90. The second-order valence-electron chi connectivity index (χ2n) is 4.14. The fraction of sp³-hybridized carbons (Fsp3) is 0.583. The van der Waals surface area contributed by atoms with Crippen molar-refractivity contribution in [3.8, 4) is 0 Å². The summed E-state index contributed by atoms with van der Waals surface area (Å²) in [6.07, 6.45) is 4.32. The minimum atomic E-state index is 0.582. The number of pyridine rings is 1. The summed E-state index contributed by atoms with van der Waals surface area (Å²) in [5.74, 6) is 0.903. The SMILES string of the molecule is CCN(CC1CCCN1)c1ncccc1Cl. The molecule has 1 fully saturated rings. The molecule has 0 saturated carbocycles. The van der Waals surface area contributed by atoms with Crippen LogP contribution in [-0.4, -0.2) is 30.7 Å². The van der Waals surface area contributed by atoms with Crippen molar-refractivity contribution in [3.63, 3.8) is 0 Å². The quantitative estimate of drug-likeness (QED) is 0.874. The fourth-order valence-corrected chi connectivity index (χ4v) is 2.40. The van der Waals surface area contributed by atoms with Crippen LogP contribution in [0.4, 0.5) is 5.82 Å². The first-order chi connectivity index (χ1) is 7.81. The van der Waals surface area contributed by atoms with Crippen molar-refractivity contribution >= 4 is 17.4 Å². The molecule has 2 rings (SSSR count). The van der Waals surface area contributed by atoms with E-state index in [-0.39, 0.29) is 0 Å². The Balaban J connectivity index is 2.06. The van der Waals surface area contributed by atoms with E-state index in [1.807, 2.05) is 12.1 Å². The smallest absolute Gasteiger partial charge is 0.147 e. The molecule has 1 aliphatic rings. The molecule has 0 spiro atoms. The first-order valence-corrected chi connectivity index (χ1v) is 6.28. The Morgan fingerprint density at radius 1 is 1.62 bits per heavy atom. The Morgan fingerprint density at radius 3 is 3.12 bits per heavy atom. The van der Waals surface area contributed by atoms with Gasteiger partial charge in [0.15, 0.2) is 0 Å². The minimum Gasteiger partial charge on any atom is -0.354 e. The Kier molecular flexibility index (Phi) is 4.02. The molecule has 1 saturated heterocycles. The molecule has 1 atom stereocenters. The third-order valence-corrected chi connectivity index (χ3v) is 3.32. The van der Waals surface area contributed by atoms with E-state index in [2.05, 4.69) is 22.1 Å². The van der Waals surface area contributed by atoms with Crippen LogP contribution < -0.4 is 10.2 Å². The lowest BCUT2D eigenvalue weighted by molar-refractivity contribution is 0.584. The van der Waals surface area contributed by atoms with E-state index in [4.69, 9.17) is 11.6 Å². The van der Waals surface area contributed by atoms with Crippen LogP contribution in [0.3, 0.4) is 0 Å². The second-order valence-corrected chi connectivity index (χ2v) is 4.55. The summed E-state index contributed by atoms with van der Waals surface area (Å²) in [4.78, 5) is 6.60. The zero-order valence-electron chi connectivity index (χ0n) is 9.62. The van der Waals surface area contributed by atoms with Gasteiger partial charge in [0.05, 0.1) is 5.02 Å². The van der Waals surface area contributed by atoms with Gasteiger partial charge in [-0.1, -0.05) is 11.6 Å². The summed E-state index contributed by atoms with van der Waals surface area (Å²) in [7, 11) is 0. The third kappa shape index (κ3) is 2.66. The predicted octanol–water partition coefficient (Wildman–Crippen LogP) is 2.31. The van der Waals surface area contributed by atoms with E-state index in [1.165, 1.54) is 12.8 Å². The number of anilines is 1. The van der Waals surface area contributed by atoms with Crippen LogP contribution in [0.2, 0.25) is 5.02 Å². The Labute approximate surface area is 102 Å². The Hall–Kier alpha value is -0.800. The Bertz CT molecular complexity index is 337. The van der Waals surface area contributed by atoms with E-state index in [0.29, 0.717) is 6.04 Å². The molecule has 1 aliphatic heterocycles. The first kappa shape index (κ1) is 11.7. The lowest BCUT2D eigenvalue weighted by Gasteiger charge is -2.26. The molecule has 88 valence electrons. The maximum Gasteiger partial charge on any atom is 0.147 e. The zero-order chi connectivity index (χ0) is 11.4. The van der Waals surface area contributed by atoms with Gasteiger partial charge in [0.2, 0.25) is 0 Å². The number of halogens is 1. The van der Waals surface area contributed by atoms with Gasteiger partial charge in [-0.25, -0.2) is 4.98 Å². The summed E-state index contributed by atoms with van der Waals surface area (Å²) < 4.78 is 0. The lowest BCUT2D eigenvalue weighted by Crippen LogP contribution is -2.38. The van der Waals surface area contributed by atoms with Gasteiger partial charge in [0.25, 0.3) is 0 Å². The van der Waals surface area contributed by atoms with Gasteiger partial charge in [-0.15, -0.1) is 0 Å². The molecule has 0 aromatic carbocycles. The van der Waals surface area contributed by atoms with Gasteiger partial charge < -0.3 is 10.2 Å². The largest absolute Gasteiger partial charge is 0.354 e. The van der Waals surface area contributed by atoms with Crippen LogP contribution in [0.15, 0.2) is 18.3 Å². The molecule has 4 heteroatoms. The highest BCUT2D eigenvalue weighted by atomic mass is 35.5. The number of aromatic nitrogens is 1. The summed E-state index contributed by atoms with van der Waals surface area (Å²) in [6, 6.07) is 4.35. The number of nitrogens with one attached hydrogen (secondary N) is 1. The van der Waals surface area contributed by atoms with E-state index >= 15 is 0 Å². The predicted molar refractivity (Wildman–Crippen MR) is 68.2 cm³/mol. The molecule has 1 unspecified atom stereocenters. The number of rotatable bonds is 4. The summed E-state index contributed by atoms with van der Waals surface area (Å²) in [6.45, 7) is 5.21. The molecule has 2 heterocycles. The number of likely N-dealkylation sites (N-methyl/N-ethyl adjacent to an activating group) is 1. The molecule has 3 nitrogen and oxygen atoms in total. The van der Waals surface area contributed by atoms with E-state index < -0.39 is 0 Å². The molecule has 0 radical (unpaired) electrons. The fourth-order valence-electron chi connectivity index (χ4n) is 2.15. The van der Waals surface area contributed by atoms with Crippen molar-refractivity contribution in [1.29, 1.82) is 0 Å². The molecule has 0 aliphatic carbocycles. The van der Waals surface area contributed by atoms with Crippen molar-refractivity contribution in [2.75, 3.05) is 24.5 Å². The van der Waals surface area contributed by atoms with Crippen LogP contribution in [0.5, 0.6) is 0 Å². The molecular weight excluding hydrogens is 222 g/mol. The monoisotopic (exact) mass is 239 g/mol. The van der Waals surface area contributed by atoms with Crippen molar-refractivity contribution in [2.24, 2.45) is 0 Å². The molecule has 1 N–H and O–H groups in total. The molecule has 16 heavy (non-hydrogen) atoms. The van der Waals surface area contributed by atoms with Crippen molar-refractivity contribution < 1.29 is 0 Å². The molecule has 1 aromatic rings. The van der Waals surface area contributed by atoms with E-state index in [9.17, 15) is 0 Å². The van der Waals surface area contributed by atoms with Crippen LogP contribution >= 0.6 is 11.6 Å². The van der Waals surface area contributed by atoms with E-state index in [1.54, 1.807) is 6.20 Å². The molecular formula is C12H18ClN3. The second kappa shape index (κ2) is 5.51. The van der Waals surface area contributed by atoms with Gasteiger partial charge in [-0.3, -0.25) is 0 Å². The van der Waals surface area contributed by atoms with E-state index in [0.717, 1.165) is 30.5 Å². The topological polar surface area (TPSA) is 28.2 Å². The van der Waals surface area contributed by atoms with Crippen molar-refractivity contribution in [1.82, 2.24) is 10.3 Å². The zero-order valence-corrected chi connectivity index (χ0v) is 10.4. The third-order valence-electron chi connectivity index (χ3n) is 3.02. The van der Waals surface area contributed by atoms with Crippen molar-refractivity contribution in [2.45, 2.75) is 25.8 Å². The van der Waals surface area contributed by atoms with Crippen molar-refractivity contribution in [3.05, 3.63) is 23.4 Å². The molecule has 0 amide bonds. The lowest BCUT2D eigenvalue weighted by atomic mass is 10.2. The summed E-state index contributed by atoms with van der Waals surface area (Å²) in [5.41, 5.74) is 0. The maximum absolute atomic E-state index is 6.16. The number of hydrogen-bond donors (Lipinski definition) is 1. The highest BCUT2D eigenvalue weighted by Crippen LogP contribution is 2.23. The van der Waals surface area contributed by atoms with Gasteiger partial charge in [0.1, 0.15) is 5.82 Å². The highest BCUT2D eigenvalue weighted by Gasteiger charge is 2.18. The standard InChI is InChI=1S/C12H18ClN3/c1-2-16(9-10-5-3-7-14-10)12-11(13)6-4-8-15-12/h4,6,8,10,14H,2-3,5,7,9H2,1H3. The summed E-state index contributed by atoms with van der Waals surface area (Å²) >= 11 is 6.16. The maximum atomic E-state index is 6.16. The van der Waals surface area contributed by atoms with Gasteiger partial charge >= 0.3 is 0 Å². The summed E-state index contributed by atoms with van der Waals surface area (Å²) in [5, 5.41) is 4.24. The van der Waals surface area contributed by atoms with Gasteiger partial charge in [-0.05, 0) is 38.4 Å². The molecule has 1 aromatic heterocycles. The average Bonchev–Trinajstić information content (AvgIpc) is 2.80. The van der Waals surface area contributed by atoms with Crippen LogP contribution in [0, 0.1) is 0 Å². The van der Waals surface area contributed by atoms with Crippen LogP contribution in [0.25, 0.3) is 0 Å². The van der Waals surface area contributed by atoms with Gasteiger partial charge in [-0.2, -0.15) is 0 Å².